The molecular weight excluding hydrogens is 390 g/mol. The summed E-state index contributed by atoms with van der Waals surface area (Å²) in [6.07, 6.45) is 1.41. The minimum Gasteiger partial charge on any atom is -0.477 e. The van der Waals surface area contributed by atoms with E-state index in [1.165, 1.54) is 6.20 Å². The van der Waals surface area contributed by atoms with Gasteiger partial charge in [0, 0.05) is 18.3 Å². The van der Waals surface area contributed by atoms with E-state index in [0.29, 0.717) is 16.9 Å². The molecule has 27 heavy (non-hydrogen) atoms. The standard InChI is InChI=1S/C17H14ClN5O3S/c1-19-15(24)9-2-4-10(5-3-9)21-17-20-8-11(18)14(23-17)22-12-6-7-27-13(12)16(25)26/h2-8H,1H3,(H,19,24)(H,25,26)(H2,20,21,22,23). The summed E-state index contributed by atoms with van der Waals surface area (Å²) in [4.78, 5) is 31.3. The lowest BCUT2D eigenvalue weighted by molar-refractivity contribution is 0.0703. The van der Waals surface area contributed by atoms with Crippen LogP contribution in [0.3, 0.4) is 0 Å². The monoisotopic (exact) mass is 403 g/mol. The van der Waals surface area contributed by atoms with Crippen molar-refractivity contribution in [1.29, 1.82) is 0 Å². The molecule has 4 N–H and O–H groups in total. The molecular formula is C17H14ClN5O3S. The number of thiophene rings is 1. The van der Waals surface area contributed by atoms with Gasteiger partial charge in [-0.15, -0.1) is 11.3 Å². The van der Waals surface area contributed by atoms with Gasteiger partial charge in [-0.2, -0.15) is 4.98 Å². The number of nitrogens with one attached hydrogen (secondary N) is 3. The molecule has 0 radical (unpaired) electrons. The van der Waals surface area contributed by atoms with Crippen LogP contribution in [0.2, 0.25) is 5.02 Å². The minimum atomic E-state index is -1.03. The van der Waals surface area contributed by atoms with Crippen LogP contribution in [0.1, 0.15) is 20.0 Å². The average Bonchev–Trinajstić information content (AvgIpc) is 3.13. The number of benzene rings is 1. The van der Waals surface area contributed by atoms with Gasteiger partial charge in [-0.3, -0.25) is 4.79 Å². The van der Waals surface area contributed by atoms with E-state index < -0.39 is 5.97 Å². The van der Waals surface area contributed by atoms with Gasteiger partial charge in [0.1, 0.15) is 9.90 Å². The van der Waals surface area contributed by atoms with E-state index in [4.69, 9.17) is 11.6 Å². The van der Waals surface area contributed by atoms with Gasteiger partial charge in [0.2, 0.25) is 5.95 Å². The van der Waals surface area contributed by atoms with Gasteiger partial charge in [-0.25, -0.2) is 9.78 Å². The first-order valence-corrected chi connectivity index (χ1v) is 8.93. The van der Waals surface area contributed by atoms with Crippen molar-refractivity contribution in [3.63, 3.8) is 0 Å². The van der Waals surface area contributed by atoms with Gasteiger partial charge in [-0.05, 0) is 35.7 Å². The Morgan fingerprint density at radius 2 is 1.89 bits per heavy atom. The number of aromatic carboxylic acids is 1. The Kier molecular flexibility index (Phi) is 5.53. The molecule has 2 aromatic heterocycles. The number of carboxylic acid groups (broad SMARTS) is 1. The van der Waals surface area contributed by atoms with Crippen molar-refractivity contribution < 1.29 is 14.7 Å². The molecule has 0 aliphatic carbocycles. The highest BCUT2D eigenvalue weighted by atomic mass is 35.5. The highest BCUT2D eigenvalue weighted by molar-refractivity contribution is 7.12. The predicted octanol–water partition coefficient (Wildman–Crippen LogP) is 3.74. The fourth-order valence-electron chi connectivity index (χ4n) is 2.19. The van der Waals surface area contributed by atoms with Crippen molar-refractivity contribution in [2.24, 2.45) is 0 Å². The molecule has 0 unspecified atom stereocenters. The molecule has 10 heteroatoms. The second-order valence-corrected chi connectivity index (χ2v) is 6.59. The Morgan fingerprint density at radius 3 is 2.56 bits per heavy atom. The van der Waals surface area contributed by atoms with Crippen LogP contribution in [-0.4, -0.2) is 34.0 Å². The van der Waals surface area contributed by atoms with E-state index >= 15 is 0 Å². The van der Waals surface area contributed by atoms with Crippen LogP contribution in [0.15, 0.2) is 41.9 Å². The van der Waals surface area contributed by atoms with Crippen LogP contribution in [0.4, 0.5) is 23.1 Å². The van der Waals surface area contributed by atoms with Gasteiger partial charge in [0.25, 0.3) is 5.91 Å². The van der Waals surface area contributed by atoms with Crippen LogP contribution in [0.5, 0.6) is 0 Å². The zero-order valence-corrected chi connectivity index (χ0v) is 15.6. The predicted molar refractivity (Wildman–Crippen MR) is 105 cm³/mol. The van der Waals surface area contributed by atoms with Gasteiger partial charge < -0.3 is 21.1 Å². The number of hydrogen-bond acceptors (Lipinski definition) is 7. The number of aromatic nitrogens is 2. The van der Waals surface area contributed by atoms with Crippen LogP contribution in [0, 0.1) is 0 Å². The number of carbonyl (C=O) groups is 2. The van der Waals surface area contributed by atoms with Crippen molar-refractivity contribution in [1.82, 2.24) is 15.3 Å². The normalized spacial score (nSPS) is 10.3. The fourth-order valence-corrected chi connectivity index (χ4v) is 3.02. The fraction of sp³-hybridized carbons (Fsp3) is 0.0588. The first-order chi connectivity index (χ1) is 13.0. The Labute approximate surface area is 163 Å². The molecule has 3 rings (SSSR count). The molecule has 0 fully saturated rings. The third-order valence-corrected chi connectivity index (χ3v) is 4.67. The average molecular weight is 404 g/mol. The topological polar surface area (TPSA) is 116 Å². The van der Waals surface area contributed by atoms with Gasteiger partial charge in [0.05, 0.1) is 11.9 Å². The second kappa shape index (κ2) is 8.02. The van der Waals surface area contributed by atoms with Crippen LogP contribution >= 0.6 is 22.9 Å². The molecule has 0 saturated heterocycles. The van der Waals surface area contributed by atoms with E-state index in [9.17, 15) is 14.7 Å². The lowest BCUT2D eigenvalue weighted by Gasteiger charge is -2.10. The number of hydrogen-bond donors (Lipinski definition) is 4. The molecule has 8 nitrogen and oxygen atoms in total. The number of amides is 1. The third kappa shape index (κ3) is 4.33. The maximum absolute atomic E-state index is 11.6. The van der Waals surface area contributed by atoms with E-state index in [1.54, 1.807) is 42.8 Å². The second-order valence-electron chi connectivity index (χ2n) is 5.27. The lowest BCUT2D eigenvalue weighted by Crippen LogP contribution is -2.17. The molecule has 3 aromatic rings. The largest absolute Gasteiger partial charge is 0.477 e. The molecule has 1 amide bonds. The summed E-state index contributed by atoms with van der Waals surface area (Å²) in [5.74, 6) is -0.674. The summed E-state index contributed by atoms with van der Waals surface area (Å²) in [5.41, 5.74) is 1.60. The van der Waals surface area contributed by atoms with Gasteiger partial charge >= 0.3 is 5.97 Å². The SMILES string of the molecule is CNC(=O)c1ccc(Nc2ncc(Cl)c(Nc3ccsc3C(=O)O)n2)cc1. The Morgan fingerprint density at radius 1 is 1.15 bits per heavy atom. The zero-order chi connectivity index (χ0) is 19.4. The molecule has 0 spiro atoms. The first kappa shape index (κ1) is 18.6. The molecule has 0 aliphatic heterocycles. The molecule has 0 saturated carbocycles. The molecule has 0 bridgehead atoms. The number of carboxylic acids is 1. The van der Waals surface area contributed by atoms with E-state index in [1.807, 2.05) is 0 Å². The molecule has 0 atom stereocenters. The van der Waals surface area contributed by atoms with E-state index in [0.717, 1.165) is 11.3 Å². The first-order valence-electron chi connectivity index (χ1n) is 7.67. The van der Waals surface area contributed by atoms with Gasteiger partial charge in [-0.1, -0.05) is 11.6 Å². The van der Waals surface area contributed by atoms with Crippen LogP contribution in [0.25, 0.3) is 0 Å². The summed E-state index contributed by atoms with van der Waals surface area (Å²) < 4.78 is 0. The van der Waals surface area contributed by atoms with E-state index in [2.05, 4.69) is 25.9 Å². The maximum atomic E-state index is 11.6. The summed E-state index contributed by atoms with van der Waals surface area (Å²) in [6, 6.07) is 8.41. The Hall–Kier alpha value is -3.17. The third-order valence-electron chi connectivity index (χ3n) is 3.49. The highest BCUT2D eigenvalue weighted by Gasteiger charge is 2.14. The minimum absolute atomic E-state index is 0.156. The maximum Gasteiger partial charge on any atom is 0.348 e. The number of nitrogens with zero attached hydrogens (tertiary/aromatic N) is 2. The van der Waals surface area contributed by atoms with Crippen molar-refractivity contribution in [3.05, 3.63) is 57.4 Å². The van der Waals surface area contributed by atoms with Crippen molar-refractivity contribution in [2.75, 3.05) is 17.7 Å². The zero-order valence-electron chi connectivity index (χ0n) is 14.0. The number of carbonyl (C=O) groups excluding carboxylic acids is 1. The summed E-state index contributed by atoms with van der Waals surface area (Å²) in [7, 11) is 1.56. The number of rotatable bonds is 6. The Bertz CT molecular complexity index is 990. The van der Waals surface area contributed by atoms with E-state index in [-0.39, 0.29) is 27.6 Å². The van der Waals surface area contributed by atoms with Gasteiger partial charge in [0.15, 0.2) is 5.82 Å². The summed E-state index contributed by atoms with van der Waals surface area (Å²) in [5, 5.41) is 19.6. The lowest BCUT2D eigenvalue weighted by atomic mass is 10.2. The quantitative estimate of drug-likeness (QED) is 0.495. The molecule has 138 valence electrons. The highest BCUT2D eigenvalue weighted by Crippen LogP contribution is 2.29. The van der Waals surface area contributed by atoms with Crippen molar-refractivity contribution in [3.8, 4) is 0 Å². The number of halogens is 1. The Balaban J connectivity index is 1.80. The van der Waals surface area contributed by atoms with Crippen molar-refractivity contribution >= 4 is 58.0 Å². The van der Waals surface area contributed by atoms with Crippen molar-refractivity contribution in [2.45, 2.75) is 0 Å². The van der Waals surface area contributed by atoms with Crippen LogP contribution < -0.4 is 16.0 Å². The summed E-state index contributed by atoms with van der Waals surface area (Å²) >= 11 is 7.21. The molecule has 0 aliphatic rings. The molecule has 1 aromatic carbocycles. The van der Waals surface area contributed by atoms with Crippen LogP contribution in [-0.2, 0) is 0 Å². The molecule has 2 heterocycles. The number of anilines is 4. The smallest absolute Gasteiger partial charge is 0.348 e. The summed E-state index contributed by atoms with van der Waals surface area (Å²) in [6.45, 7) is 0.